The Bertz CT molecular complexity index is 2080. The Balaban J connectivity index is 0.000000191. The summed E-state index contributed by atoms with van der Waals surface area (Å²) in [5.41, 5.74) is 5.15. The van der Waals surface area contributed by atoms with E-state index >= 15 is 0 Å². The largest absolute Gasteiger partial charge is 0.478 e. The molecular formula is C40H32O7S2. The SMILES string of the molecule is Cc1sc(-c2ccccc2C(=O)O)cc1C(=O)OCc1ccccc1.Cc1sc(-c2ccccc2C=O)cc1C(=O)OCc1ccccc1. The van der Waals surface area contributed by atoms with Crippen LogP contribution in [0.25, 0.3) is 20.9 Å². The van der Waals surface area contributed by atoms with Crippen LogP contribution >= 0.6 is 22.7 Å². The molecule has 0 saturated carbocycles. The number of benzene rings is 4. The molecule has 246 valence electrons. The predicted molar refractivity (Wildman–Crippen MR) is 192 cm³/mol. The van der Waals surface area contributed by atoms with Gasteiger partial charge in [-0.25, -0.2) is 14.4 Å². The molecule has 1 N–H and O–H groups in total. The first-order valence-electron chi connectivity index (χ1n) is 15.3. The lowest BCUT2D eigenvalue weighted by Gasteiger charge is -2.04. The Hall–Kier alpha value is -5.64. The van der Waals surface area contributed by atoms with Crippen LogP contribution in [0.1, 0.15) is 62.3 Å². The number of aryl methyl sites for hydroxylation is 2. The number of ether oxygens (including phenoxy) is 2. The van der Waals surface area contributed by atoms with Crippen LogP contribution < -0.4 is 0 Å². The van der Waals surface area contributed by atoms with Gasteiger partial charge in [0, 0.05) is 36.2 Å². The number of carbonyl (C=O) groups excluding carboxylic acids is 3. The molecule has 2 heterocycles. The van der Waals surface area contributed by atoms with Crippen molar-refractivity contribution in [2.45, 2.75) is 27.1 Å². The number of rotatable bonds is 10. The number of aromatic carboxylic acids is 1. The molecule has 4 aromatic carbocycles. The fourth-order valence-corrected chi connectivity index (χ4v) is 7.05. The van der Waals surface area contributed by atoms with Crippen LogP contribution in [0.4, 0.5) is 0 Å². The molecule has 2 aromatic heterocycles. The number of carbonyl (C=O) groups is 4. The van der Waals surface area contributed by atoms with Crippen LogP contribution in [0.15, 0.2) is 121 Å². The summed E-state index contributed by atoms with van der Waals surface area (Å²) in [6.07, 6.45) is 0.831. The molecule has 0 unspecified atom stereocenters. The maximum atomic E-state index is 12.4. The number of carboxylic acid groups (broad SMARTS) is 1. The standard InChI is InChI=1S/C20H16O4S.C20H16O3S/c1-13-17(20(23)24-12-14-7-3-2-4-8-14)11-18(25-13)15-9-5-6-10-16(15)19(21)22;1-14-18(20(22)23-13-15-7-3-2-4-8-15)11-19(24-14)17-10-6-5-9-16(17)12-21/h2-11H,12H2,1H3,(H,21,22);2-12H,13H2,1H3. The molecule has 9 heteroatoms. The molecule has 0 atom stereocenters. The lowest BCUT2D eigenvalue weighted by Crippen LogP contribution is -2.05. The van der Waals surface area contributed by atoms with Gasteiger partial charge in [0.05, 0.1) is 16.7 Å². The highest BCUT2D eigenvalue weighted by molar-refractivity contribution is 7.16. The van der Waals surface area contributed by atoms with E-state index < -0.39 is 11.9 Å². The molecule has 6 rings (SSSR count). The van der Waals surface area contributed by atoms with Crippen LogP contribution in [0.5, 0.6) is 0 Å². The molecule has 0 aliphatic rings. The topological polar surface area (TPSA) is 107 Å². The van der Waals surface area contributed by atoms with Gasteiger partial charge in [0.1, 0.15) is 13.2 Å². The maximum Gasteiger partial charge on any atom is 0.339 e. The van der Waals surface area contributed by atoms with E-state index in [0.717, 1.165) is 42.5 Å². The van der Waals surface area contributed by atoms with Crippen LogP contribution in [0, 0.1) is 13.8 Å². The molecule has 49 heavy (non-hydrogen) atoms. The average Bonchev–Trinajstić information content (AvgIpc) is 3.73. The van der Waals surface area contributed by atoms with E-state index in [4.69, 9.17) is 9.47 Å². The van der Waals surface area contributed by atoms with E-state index in [-0.39, 0.29) is 24.7 Å². The zero-order valence-electron chi connectivity index (χ0n) is 26.8. The van der Waals surface area contributed by atoms with Gasteiger partial charge in [-0.2, -0.15) is 0 Å². The summed E-state index contributed by atoms with van der Waals surface area (Å²) in [6.45, 7) is 4.17. The minimum Gasteiger partial charge on any atom is -0.478 e. The smallest absolute Gasteiger partial charge is 0.339 e. The molecule has 0 amide bonds. The number of hydrogen-bond acceptors (Lipinski definition) is 8. The Kier molecular flexibility index (Phi) is 11.6. The van der Waals surface area contributed by atoms with Gasteiger partial charge in [0.25, 0.3) is 0 Å². The highest BCUT2D eigenvalue weighted by Crippen LogP contribution is 2.35. The minimum atomic E-state index is -0.991. The van der Waals surface area contributed by atoms with Crippen molar-refractivity contribution in [3.63, 3.8) is 0 Å². The molecule has 0 radical (unpaired) electrons. The molecule has 7 nitrogen and oxygen atoms in total. The van der Waals surface area contributed by atoms with Gasteiger partial charge in [-0.15, -0.1) is 22.7 Å². The van der Waals surface area contributed by atoms with E-state index in [1.807, 2.05) is 92.7 Å². The molecule has 0 aliphatic carbocycles. The first kappa shape index (κ1) is 34.7. The summed E-state index contributed by atoms with van der Waals surface area (Å²) < 4.78 is 10.8. The first-order chi connectivity index (χ1) is 23.7. The van der Waals surface area contributed by atoms with Crippen LogP contribution in [-0.2, 0) is 22.7 Å². The van der Waals surface area contributed by atoms with Gasteiger partial charge in [-0.3, -0.25) is 4.79 Å². The van der Waals surface area contributed by atoms with Crippen molar-refractivity contribution in [1.82, 2.24) is 0 Å². The highest BCUT2D eigenvalue weighted by Gasteiger charge is 2.19. The van der Waals surface area contributed by atoms with Crippen molar-refractivity contribution in [2.75, 3.05) is 0 Å². The van der Waals surface area contributed by atoms with Crippen molar-refractivity contribution in [1.29, 1.82) is 0 Å². The minimum absolute atomic E-state index is 0.204. The van der Waals surface area contributed by atoms with E-state index in [1.54, 1.807) is 42.5 Å². The van der Waals surface area contributed by atoms with Crippen molar-refractivity contribution in [3.05, 3.63) is 164 Å². The Labute approximate surface area is 292 Å². The van der Waals surface area contributed by atoms with Crippen LogP contribution in [-0.4, -0.2) is 29.3 Å². The van der Waals surface area contributed by atoms with E-state index in [2.05, 4.69) is 0 Å². The molecule has 6 aromatic rings. The molecule has 0 bridgehead atoms. The second kappa shape index (κ2) is 16.5. The maximum absolute atomic E-state index is 12.4. The monoisotopic (exact) mass is 688 g/mol. The number of carboxylic acids is 1. The lowest BCUT2D eigenvalue weighted by atomic mass is 10.1. The third kappa shape index (κ3) is 8.84. The van der Waals surface area contributed by atoms with Crippen molar-refractivity contribution in [2.24, 2.45) is 0 Å². The van der Waals surface area contributed by atoms with Gasteiger partial charge >= 0.3 is 17.9 Å². The number of thiophene rings is 2. The molecule has 0 aliphatic heterocycles. The Morgan fingerprint density at radius 1 is 0.592 bits per heavy atom. The summed E-state index contributed by atoms with van der Waals surface area (Å²) >= 11 is 2.87. The van der Waals surface area contributed by atoms with Gasteiger partial charge in [-0.05, 0) is 43.2 Å². The van der Waals surface area contributed by atoms with Gasteiger partial charge in [0.2, 0.25) is 0 Å². The average molecular weight is 689 g/mol. The predicted octanol–water partition coefficient (Wildman–Crippen LogP) is 9.67. The van der Waals surface area contributed by atoms with Crippen molar-refractivity contribution in [3.8, 4) is 20.9 Å². The van der Waals surface area contributed by atoms with Crippen molar-refractivity contribution >= 4 is 46.9 Å². The van der Waals surface area contributed by atoms with E-state index in [1.165, 1.54) is 22.7 Å². The Morgan fingerprint density at radius 2 is 1.02 bits per heavy atom. The zero-order chi connectivity index (χ0) is 34.8. The van der Waals surface area contributed by atoms with Crippen LogP contribution in [0.2, 0.25) is 0 Å². The van der Waals surface area contributed by atoms with Gasteiger partial charge in [-0.1, -0.05) is 103 Å². The number of hydrogen-bond donors (Lipinski definition) is 1. The quantitative estimate of drug-likeness (QED) is 0.113. The normalized spacial score (nSPS) is 10.4. The van der Waals surface area contributed by atoms with E-state index in [9.17, 15) is 24.3 Å². The van der Waals surface area contributed by atoms with Crippen molar-refractivity contribution < 1.29 is 33.8 Å². The second-order valence-corrected chi connectivity index (χ2v) is 13.4. The van der Waals surface area contributed by atoms with Gasteiger partial charge < -0.3 is 14.6 Å². The fourth-order valence-electron chi connectivity index (χ4n) is 4.95. The molecule has 0 fully saturated rings. The van der Waals surface area contributed by atoms with E-state index in [0.29, 0.717) is 22.3 Å². The lowest BCUT2D eigenvalue weighted by molar-refractivity contribution is 0.0464. The summed E-state index contributed by atoms with van der Waals surface area (Å²) in [6, 6.07) is 36.7. The third-order valence-corrected chi connectivity index (χ3v) is 9.64. The molecule has 0 spiro atoms. The first-order valence-corrected chi connectivity index (χ1v) is 16.9. The summed E-state index contributed by atoms with van der Waals surface area (Å²) in [7, 11) is 0. The highest BCUT2D eigenvalue weighted by atomic mass is 32.1. The molecule has 0 saturated heterocycles. The Morgan fingerprint density at radius 3 is 1.51 bits per heavy atom. The molecular weight excluding hydrogens is 657 g/mol. The number of aldehydes is 1. The zero-order valence-corrected chi connectivity index (χ0v) is 28.4. The summed E-state index contributed by atoms with van der Waals surface area (Å²) in [5.74, 6) is -1.74. The third-order valence-electron chi connectivity index (χ3n) is 7.48. The van der Waals surface area contributed by atoms with Gasteiger partial charge in [0.15, 0.2) is 6.29 Å². The fraction of sp³-hybridized carbons (Fsp3) is 0.100. The summed E-state index contributed by atoms with van der Waals surface area (Å²) in [4.78, 5) is 50.6. The van der Waals surface area contributed by atoms with Crippen LogP contribution in [0.3, 0.4) is 0 Å². The second-order valence-electron chi connectivity index (χ2n) is 10.8. The number of esters is 2. The summed E-state index contributed by atoms with van der Waals surface area (Å²) in [5, 5.41) is 9.34.